The molecule has 0 fully saturated rings. The third-order valence-electron chi connectivity index (χ3n) is 3.46. The smallest absolute Gasteiger partial charge is 0.362 e. The number of ether oxygens (including phenoxy) is 1. The van der Waals surface area contributed by atoms with Gasteiger partial charge in [0.15, 0.2) is 0 Å². The van der Waals surface area contributed by atoms with Crippen LogP contribution in [-0.2, 0) is 9.53 Å². The second kappa shape index (κ2) is 10.2. The lowest BCUT2D eigenvalue weighted by atomic mass is 10.2. The van der Waals surface area contributed by atoms with E-state index in [4.69, 9.17) is 4.74 Å². The Morgan fingerprint density at radius 3 is 2.39 bits per heavy atom. The Hall–Kier alpha value is -3.20. The highest BCUT2D eigenvalue weighted by Crippen LogP contribution is 2.24. The molecule has 2 rings (SSSR count). The zero-order chi connectivity index (χ0) is 20.5. The quantitative estimate of drug-likeness (QED) is 0.125. The number of carbonyl (C=O) groups is 1. The van der Waals surface area contributed by atoms with Crippen molar-refractivity contribution in [2.24, 2.45) is 10.2 Å². The Labute approximate surface area is 166 Å². The van der Waals surface area contributed by atoms with Crippen LogP contribution in [0.15, 0.2) is 75.1 Å². The third-order valence-corrected chi connectivity index (χ3v) is 4.49. The Bertz CT molecular complexity index is 893. The number of esters is 1. The summed E-state index contributed by atoms with van der Waals surface area (Å²) < 4.78 is 4.92. The number of non-ortho nitro benzene ring substituents is 1. The number of nitro groups is 1. The zero-order valence-electron chi connectivity index (χ0n) is 15.4. The summed E-state index contributed by atoms with van der Waals surface area (Å²) in [6, 6.07) is 13.0. The number of azo groups is 1. The summed E-state index contributed by atoms with van der Waals surface area (Å²) in [6.45, 7) is 3.73. The van der Waals surface area contributed by atoms with Gasteiger partial charge in [-0.15, -0.1) is 16.9 Å². The summed E-state index contributed by atoms with van der Waals surface area (Å²) in [5.74, 6) is -0.957. The molecule has 28 heavy (non-hydrogen) atoms. The van der Waals surface area contributed by atoms with Gasteiger partial charge in [-0.25, -0.2) is 4.79 Å². The molecule has 0 radical (unpaired) electrons. The van der Waals surface area contributed by atoms with Crippen LogP contribution < -0.4 is 0 Å². The monoisotopic (exact) mass is 401 g/mol. The van der Waals surface area contributed by atoms with Crippen molar-refractivity contribution in [2.75, 3.05) is 12.4 Å². The van der Waals surface area contributed by atoms with Gasteiger partial charge in [0.25, 0.3) is 5.69 Å². The van der Waals surface area contributed by atoms with E-state index in [9.17, 15) is 20.0 Å². The van der Waals surface area contributed by atoms with Gasteiger partial charge in [0, 0.05) is 17.0 Å². The van der Waals surface area contributed by atoms with E-state index in [0.717, 1.165) is 10.5 Å². The molecule has 8 nitrogen and oxygen atoms in total. The van der Waals surface area contributed by atoms with E-state index >= 15 is 0 Å². The first kappa shape index (κ1) is 21.1. The second-order valence-corrected chi connectivity index (χ2v) is 6.64. The molecule has 0 bridgehead atoms. The summed E-state index contributed by atoms with van der Waals surface area (Å²) in [5.41, 5.74) is 1.02. The van der Waals surface area contributed by atoms with Crippen molar-refractivity contribution < 1.29 is 19.6 Å². The molecule has 0 saturated carbocycles. The molecule has 2 aromatic carbocycles. The van der Waals surface area contributed by atoms with Gasteiger partial charge in [0.2, 0.25) is 5.70 Å². The predicted molar refractivity (Wildman–Crippen MR) is 106 cm³/mol. The number of nitro benzene ring substituents is 1. The van der Waals surface area contributed by atoms with Gasteiger partial charge in [-0.05, 0) is 38.1 Å². The van der Waals surface area contributed by atoms with Crippen molar-refractivity contribution in [3.8, 4) is 0 Å². The zero-order valence-corrected chi connectivity index (χ0v) is 16.2. The summed E-state index contributed by atoms with van der Waals surface area (Å²) in [4.78, 5) is 23.2. The number of hydrogen-bond donors (Lipinski definition) is 1. The van der Waals surface area contributed by atoms with Crippen molar-refractivity contribution in [3.05, 3.63) is 75.7 Å². The molecule has 0 aliphatic heterocycles. The number of aryl methyl sites for hydroxylation is 1. The first-order valence-electron chi connectivity index (χ1n) is 8.35. The molecular formula is C19H19N3O5S. The van der Waals surface area contributed by atoms with Gasteiger partial charge < -0.3 is 9.84 Å². The second-order valence-electron chi connectivity index (χ2n) is 5.59. The van der Waals surface area contributed by atoms with E-state index in [2.05, 4.69) is 10.2 Å². The predicted octanol–water partition coefficient (Wildman–Crippen LogP) is 5.11. The van der Waals surface area contributed by atoms with Crippen LogP contribution in [0, 0.1) is 17.0 Å². The van der Waals surface area contributed by atoms with Gasteiger partial charge >= 0.3 is 5.97 Å². The minimum absolute atomic E-state index is 0.0857. The van der Waals surface area contributed by atoms with Crippen LogP contribution in [0.4, 0.5) is 11.4 Å². The Morgan fingerprint density at radius 2 is 1.82 bits per heavy atom. The lowest BCUT2D eigenvalue weighted by molar-refractivity contribution is -0.384. The average molecular weight is 401 g/mol. The number of hydrogen-bond acceptors (Lipinski definition) is 8. The van der Waals surface area contributed by atoms with Gasteiger partial charge in [0.05, 0.1) is 23.0 Å². The van der Waals surface area contributed by atoms with E-state index in [1.807, 2.05) is 31.2 Å². The standard InChI is InChI=1S/C19H19N3O5S/c1-3-27-19(24)18(17(23)12-28-16-10-4-13(2)5-11-16)21-20-14-6-8-15(9-7-14)22(25)26/h4-11,23H,3,12H2,1-2H3/b18-17-,21-20?. The molecule has 0 aliphatic carbocycles. The van der Waals surface area contributed by atoms with Crippen LogP contribution >= 0.6 is 11.8 Å². The van der Waals surface area contributed by atoms with Crippen molar-refractivity contribution >= 4 is 29.1 Å². The molecule has 0 aliphatic rings. The number of nitrogens with zero attached hydrogens (tertiary/aromatic N) is 3. The number of carbonyl (C=O) groups excluding carboxylic acids is 1. The molecular weight excluding hydrogens is 382 g/mol. The summed E-state index contributed by atoms with van der Waals surface area (Å²) >= 11 is 1.34. The summed E-state index contributed by atoms with van der Waals surface area (Å²) in [7, 11) is 0. The number of rotatable bonds is 8. The highest BCUT2D eigenvalue weighted by molar-refractivity contribution is 7.99. The van der Waals surface area contributed by atoms with Crippen LogP contribution in [0.5, 0.6) is 0 Å². The number of thioether (sulfide) groups is 1. The molecule has 0 spiro atoms. The van der Waals surface area contributed by atoms with Crippen molar-refractivity contribution in [3.63, 3.8) is 0 Å². The van der Waals surface area contributed by atoms with Gasteiger partial charge in [0.1, 0.15) is 5.76 Å². The van der Waals surface area contributed by atoms with Crippen LogP contribution in [0.1, 0.15) is 12.5 Å². The topological polar surface area (TPSA) is 114 Å². The van der Waals surface area contributed by atoms with Gasteiger partial charge in [-0.1, -0.05) is 17.7 Å². The van der Waals surface area contributed by atoms with E-state index in [1.54, 1.807) is 6.92 Å². The molecule has 0 atom stereocenters. The normalized spacial score (nSPS) is 11.9. The Kier molecular flexibility index (Phi) is 7.70. The molecule has 0 aromatic heterocycles. The Morgan fingerprint density at radius 1 is 1.18 bits per heavy atom. The van der Waals surface area contributed by atoms with E-state index in [1.165, 1.54) is 36.0 Å². The molecule has 1 N–H and O–H groups in total. The van der Waals surface area contributed by atoms with E-state index in [0.29, 0.717) is 5.69 Å². The van der Waals surface area contributed by atoms with E-state index < -0.39 is 10.9 Å². The van der Waals surface area contributed by atoms with Crippen LogP contribution in [0.25, 0.3) is 0 Å². The maximum atomic E-state index is 12.1. The van der Waals surface area contributed by atoms with Crippen LogP contribution in [-0.4, -0.2) is 28.4 Å². The maximum Gasteiger partial charge on any atom is 0.362 e. The van der Waals surface area contributed by atoms with E-state index in [-0.39, 0.29) is 29.5 Å². The molecule has 0 amide bonds. The Balaban J connectivity index is 2.19. The SMILES string of the molecule is CCOC(=O)/C(N=Nc1ccc([N+](=O)[O-])cc1)=C(/O)CSc1ccc(C)cc1. The van der Waals surface area contributed by atoms with Crippen molar-refractivity contribution in [1.82, 2.24) is 0 Å². The fraction of sp³-hybridized carbons (Fsp3) is 0.211. The third kappa shape index (κ3) is 6.20. The fourth-order valence-corrected chi connectivity index (χ4v) is 2.79. The lowest BCUT2D eigenvalue weighted by Gasteiger charge is -2.06. The summed E-state index contributed by atoms with van der Waals surface area (Å²) in [6.07, 6.45) is 0. The van der Waals surface area contributed by atoms with Gasteiger partial charge in [-0.3, -0.25) is 10.1 Å². The minimum Gasteiger partial charge on any atom is -0.509 e. The van der Waals surface area contributed by atoms with Crippen LogP contribution in [0.2, 0.25) is 0 Å². The molecule has 0 saturated heterocycles. The largest absolute Gasteiger partial charge is 0.509 e. The molecule has 9 heteroatoms. The van der Waals surface area contributed by atoms with Crippen molar-refractivity contribution in [2.45, 2.75) is 18.7 Å². The maximum absolute atomic E-state index is 12.1. The first-order chi connectivity index (χ1) is 13.4. The summed E-state index contributed by atoms with van der Waals surface area (Å²) in [5, 5.41) is 28.7. The number of aliphatic hydroxyl groups is 1. The van der Waals surface area contributed by atoms with Gasteiger partial charge in [-0.2, -0.15) is 5.11 Å². The lowest BCUT2D eigenvalue weighted by Crippen LogP contribution is -2.09. The number of benzene rings is 2. The minimum atomic E-state index is -0.796. The highest BCUT2D eigenvalue weighted by atomic mass is 32.2. The molecule has 146 valence electrons. The fourth-order valence-electron chi connectivity index (χ4n) is 2.02. The molecule has 2 aromatic rings. The van der Waals surface area contributed by atoms with Crippen molar-refractivity contribution in [1.29, 1.82) is 0 Å². The average Bonchev–Trinajstić information content (AvgIpc) is 2.68. The first-order valence-corrected chi connectivity index (χ1v) is 9.34. The highest BCUT2D eigenvalue weighted by Gasteiger charge is 2.17. The molecule has 0 heterocycles. The number of aliphatic hydroxyl groups excluding tert-OH is 1. The van der Waals surface area contributed by atoms with Crippen LogP contribution in [0.3, 0.4) is 0 Å². The molecule has 0 unspecified atom stereocenters.